The molecule has 2 atom stereocenters. The third kappa shape index (κ3) is 3.37. The fraction of sp³-hybridized carbons (Fsp3) is 0.917. The minimum absolute atomic E-state index is 0.187. The Balaban J connectivity index is 2.70. The number of carbonyl (C=O) groups is 1. The molecule has 0 aromatic carbocycles. The van der Waals surface area contributed by atoms with Crippen LogP contribution in [0.5, 0.6) is 0 Å². The topological polar surface area (TPSA) is 41.6 Å². The second kappa shape index (κ2) is 5.04. The highest BCUT2D eigenvalue weighted by molar-refractivity contribution is 5.69. The van der Waals surface area contributed by atoms with Crippen molar-refractivity contribution in [3.8, 4) is 0 Å². The second-order valence-corrected chi connectivity index (χ2v) is 5.46. The highest BCUT2D eigenvalue weighted by atomic mass is 16.6. The smallest absolute Gasteiger partial charge is 0.410 e. The van der Waals surface area contributed by atoms with Gasteiger partial charge in [0.05, 0.1) is 0 Å². The summed E-state index contributed by atoms with van der Waals surface area (Å²) in [6.07, 6.45) is 0.768. The molecule has 16 heavy (non-hydrogen) atoms. The molecule has 1 aliphatic heterocycles. The highest BCUT2D eigenvalue weighted by Gasteiger charge is 2.33. The first kappa shape index (κ1) is 13.3. The van der Waals surface area contributed by atoms with E-state index in [1.54, 1.807) is 0 Å². The van der Waals surface area contributed by atoms with Crippen LogP contribution in [-0.2, 0) is 4.74 Å². The Labute approximate surface area is 98.3 Å². The van der Waals surface area contributed by atoms with Crippen LogP contribution >= 0.6 is 0 Å². The molecule has 1 aliphatic rings. The van der Waals surface area contributed by atoms with E-state index >= 15 is 0 Å². The summed E-state index contributed by atoms with van der Waals surface area (Å²) in [5, 5.41) is 3.33. The van der Waals surface area contributed by atoms with Crippen molar-refractivity contribution in [3.63, 3.8) is 0 Å². The van der Waals surface area contributed by atoms with Gasteiger partial charge in [-0.25, -0.2) is 4.79 Å². The predicted octanol–water partition coefficient (Wildman–Crippen LogP) is 1.99. The van der Waals surface area contributed by atoms with Crippen LogP contribution < -0.4 is 5.32 Å². The maximum atomic E-state index is 12.1. The summed E-state index contributed by atoms with van der Waals surface area (Å²) in [5.41, 5.74) is -0.417. The third-order valence-corrected chi connectivity index (χ3v) is 2.76. The van der Waals surface area contributed by atoms with E-state index in [1.165, 1.54) is 0 Å². The van der Waals surface area contributed by atoms with E-state index in [0.29, 0.717) is 0 Å². The van der Waals surface area contributed by atoms with Gasteiger partial charge in [-0.15, -0.1) is 0 Å². The minimum Gasteiger partial charge on any atom is -0.444 e. The first-order chi connectivity index (χ1) is 7.35. The molecule has 1 amide bonds. The lowest BCUT2D eigenvalue weighted by atomic mass is 10.1. The van der Waals surface area contributed by atoms with Crippen LogP contribution in [0.25, 0.3) is 0 Å². The number of hydrogen-bond acceptors (Lipinski definition) is 3. The fourth-order valence-corrected chi connectivity index (χ4v) is 2.00. The van der Waals surface area contributed by atoms with Crippen molar-refractivity contribution >= 4 is 6.09 Å². The summed E-state index contributed by atoms with van der Waals surface area (Å²) < 4.78 is 5.44. The zero-order chi connectivity index (χ0) is 12.3. The number of ether oxygens (including phenoxy) is 1. The molecule has 0 aliphatic carbocycles. The zero-order valence-electron chi connectivity index (χ0n) is 11.0. The molecule has 1 N–H and O–H groups in total. The lowest BCUT2D eigenvalue weighted by Gasteiger charge is -2.41. The van der Waals surface area contributed by atoms with Crippen molar-refractivity contribution < 1.29 is 9.53 Å². The summed E-state index contributed by atoms with van der Waals surface area (Å²) >= 11 is 0. The van der Waals surface area contributed by atoms with E-state index in [0.717, 1.165) is 19.5 Å². The molecule has 4 nitrogen and oxygen atoms in total. The van der Waals surface area contributed by atoms with Gasteiger partial charge in [-0.1, -0.05) is 6.92 Å². The molecule has 0 aromatic heterocycles. The van der Waals surface area contributed by atoms with Crippen LogP contribution in [-0.4, -0.2) is 41.8 Å². The third-order valence-electron chi connectivity index (χ3n) is 2.76. The molecule has 0 aromatic rings. The van der Waals surface area contributed by atoms with Gasteiger partial charge in [0.25, 0.3) is 0 Å². The van der Waals surface area contributed by atoms with Gasteiger partial charge >= 0.3 is 6.09 Å². The number of nitrogens with one attached hydrogen (secondary N) is 1. The van der Waals surface area contributed by atoms with Crippen molar-refractivity contribution in [3.05, 3.63) is 0 Å². The zero-order valence-corrected chi connectivity index (χ0v) is 11.0. The van der Waals surface area contributed by atoms with Crippen molar-refractivity contribution in [2.45, 2.75) is 58.7 Å². The van der Waals surface area contributed by atoms with Crippen molar-refractivity contribution in [2.75, 3.05) is 13.1 Å². The lowest BCUT2D eigenvalue weighted by Crippen LogP contribution is -2.58. The molecular formula is C12H24N2O2. The van der Waals surface area contributed by atoms with Crippen LogP contribution in [0.2, 0.25) is 0 Å². The molecule has 0 radical (unpaired) electrons. The van der Waals surface area contributed by atoms with Gasteiger partial charge < -0.3 is 10.1 Å². The maximum Gasteiger partial charge on any atom is 0.410 e. The average Bonchev–Trinajstić information content (AvgIpc) is 2.14. The molecule has 1 unspecified atom stereocenters. The Bertz CT molecular complexity index is 248. The fourth-order valence-electron chi connectivity index (χ4n) is 2.00. The summed E-state index contributed by atoms with van der Waals surface area (Å²) in [6.45, 7) is 11.6. The maximum absolute atomic E-state index is 12.1. The predicted molar refractivity (Wildman–Crippen MR) is 64.5 cm³/mol. The van der Waals surface area contributed by atoms with E-state index < -0.39 is 5.60 Å². The Morgan fingerprint density at radius 1 is 1.44 bits per heavy atom. The van der Waals surface area contributed by atoms with Crippen LogP contribution in [0, 0.1) is 0 Å². The molecular weight excluding hydrogens is 204 g/mol. The van der Waals surface area contributed by atoms with Gasteiger partial charge in [-0.2, -0.15) is 0 Å². The van der Waals surface area contributed by atoms with Crippen LogP contribution in [0.4, 0.5) is 4.79 Å². The molecule has 1 saturated heterocycles. The summed E-state index contributed by atoms with van der Waals surface area (Å²) in [5.74, 6) is 0. The largest absolute Gasteiger partial charge is 0.444 e. The number of hydrogen-bond donors (Lipinski definition) is 1. The van der Waals surface area contributed by atoms with Crippen LogP contribution in [0.3, 0.4) is 0 Å². The van der Waals surface area contributed by atoms with Crippen molar-refractivity contribution in [1.29, 1.82) is 0 Å². The molecule has 1 rings (SSSR count). The summed E-state index contributed by atoms with van der Waals surface area (Å²) in [7, 11) is 0. The van der Waals surface area contributed by atoms with E-state index in [2.05, 4.69) is 19.2 Å². The van der Waals surface area contributed by atoms with Crippen LogP contribution in [0.1, 0.15) is 41.0 Å². The summed E-state index contributed by atoms with van der Waals surface area (Å²) in [4.78, 5) is 13.9. The number of nitrogens with zero attached hydrogens (tertiary/aromatic N) is 1. The minimum atomic E-state index is -0.417. The Morgan fingerprint density at radius 2 is 2.06 bits per heavy atom. The number of rotatable bonds is 1. The molecule has 94 valence electrons. The van der Waals surface area contributed by atoms with Gasteiger partial charge in [0.1, 0.15) is 5.60 Å². The van der Waals surface area contributed by atoms with Crippen molar-refractivity contribution in [1.82, 2.24) is 10.2 Å². The monoisotopic (exact) mass is 228 g/mol. The van der Waals surface area contributed by atoms with Gasteiger partial charge in [0.2, 0.25) is 0 Å². The Kier molecular flexibility index (Phi) is 4.19. The number of amides is 1. The molecule has 0 saturated carbocycles. The molecule has 4 heteroatoms. The van der Waals surface area contributed by atoms with Gasteiger partial charge in [0.15, 0.2) is 0 Å². The molecule has 1 fully saturated rings. The Morgan fingerprint density at radius 3 is 2.56 bits per heavy atom. The SMILES string of the molecule is CCC1CNC[C@@H](C)N1C(=O)OC(C)(C)C. The highest BCUT2D eigenvalue weighted by Crippen LogP contribution is 2.18. The van der Waals surface area contributed by atoms with Gasteiger partial charge in [0, 0.05) is 25.2 Å². The van der Waals surface area contributed by atoms with E-state index in [-0.39, 0.29) is 18.2 Å². The quantitative estimate of drug-likeness (QED) is 0.746. The van der Waals surface area contributed by atoms with Crippen LogP contribution in [0.15, 0.2) is 0 Å². The molecule has 1 heterocycles. The van der Waals surface area contributed by atoms with Gasteiger partial charge in [-0.3, -0.25) is 4.90 Å². The van der Waals surface area contributed by atoms with E-state index in [9.17, 15) is 4.79 Å². The first-order valence-electron chi connectivity index (χ1n) is 6.07. The summed E-state index contributed by atoms with van der Waals surface area (Å²) in [6, 6.07) is 0.451. The number of carbonyl (C=O) groups excluding carboxylic acids is 1. The second-order valence-electron chi connectivity index (χ2n) is 5.46. The lowest BCUT2D eigenvalue weighted by molar-refractivity contribution is 0.0000782. The number of piperazine rings is 1. The van der Waals surface area contributed by atoms with Crippen molar-refractivity contribution in [2.24, 2.45) is 0 Å². The molecule has 0 spiro atoms. The average molecular weight is 228 g/mol. The van der Waals surface area contributed by atoms with E-state index in [1.807, 2.05) is 25.7 Å². The standard InChI is InChI=1S/C12H24N2O2/c1-6-10-8-13-7-9(2)14(10)11(15)16-12(3,4)5/h9-10,13H,6-8H2,1-5H3/t9-,10?/m1/s1. The Hall–Kier alpha value is -0.770. The first-order valence-corrected chi connectivity index (χ1v) is 6.07. The van der Waals surface area contributed by atoms with Gasteiger partial charge in [-0.05, 0) is 34.1 Å². The molecule has 0 bridgehead atoms. The normalized spacial score (nSPS) is 26.7. The van der Waals surface area contributed by atoms with E-state index in [4.69, 9.17) is 4.74 Å².